The van der Waals surface area contributed by atoms with Crippen LogP contribution in [0.15, 0.2) is 18.2 Å². The molecule has 1 fully saturated rings. The van der Waals surface area contributed by atoms with Crippen molar-refractivity contribution in [1.29, 1.82) is 0 Å². The summed E-state index contributed by atoms with van der Waals surface area (Å²) in [7, 11) is 0. The van der Waals surface area contributed by atoms with E-state index in [9.17, 15) is 4.39 Å². The Bertz CT molecular complexity index is 454. The Morgan fingerprint density at radius 2 is 1.90 bits per heavy atom. The topological polar surface area (TPSA) is 29.3 Å². The molecule has 1 aromatic rings. The summed E-state index contributed by atoms with van der Waals surface area (Å²) in [6, 6.07) is 4.53. The lowest BCUT2D eigenvalue weighted by molar-refractivity contribution is 0.0758. The predicted octanol–water partition coefficient (Wildman–Crippen LogP) is 4.13. The molecule has 0 aromatic heterocycles. The van der Waals surface area contributed by atoms with Crippen LogP contribution < -0.4 is 5.73 Å². The second-order valence-corrected chi connectivity index (χ2v) is 6.06. The zero-order valence-corrected chi connectivity index (χ0v) is 13.1. The van der Waals surface area contributed by atoms with Gasteiger partial charge in [-0.05, 0) is 38.1 Å². The monoisotopic (exact) mass is 298 g/mol. The molecule has 0 spiro atoms. The number of likely N-dealkylation sites (N-methyl/N-ethyl adjacent to an activating group) is 1. The van der Waals surface area contributed by atoms with Crippen molar-refractivity contribution < 1.29 is 4.39 Å². The van der Waals surface area contributed by atoms with Gasteiger partial charge in [-0.3, -0.25) is 4.90 Å². The summed E-state index contributed by atoms with van der Waals surface area (Å²) in [6.45, 7) is 6.18. The molecule has 1 atom stereocenters. The van der Waals surface area contributed by atoms with Crippen LogP contribution in [-0.2, 0) is 0 Å². The first-order chi connectivity index (χ1) is 9.55. The molecule has 112 valence electrons. The van der Waals surface area contributed by atoms with E-state index in [1.807, 2.05) is 0 Å². The van der Waals surface area contributed by atoms with Crippen LogP contribution in [0.3, 0.4) is 0 Å². The van der Waals surface area contributed by atoms with Crippen molar-refractivity contribution in [2.45, 2.75) is 51.1 Å². The van der Waals surface area contributed by atoms with Crippen LogP contribution in [0, 0.1) is 5.82 Å². The largest absolute Gasteiger partial charge is 0.322 e. The van der Waals surface area contributed by atoms with Crippen LogP contribution in [-0.4, -0.2) is 23.5 Å². The van der Waals surface area contributed by atoms with Crippen LogP contribution in [0.25, 0.3) is 0 Å². The molecule has 2 nitrogen and oxygen atoms in total. The molecule has 0 bridgehead atoms. The number of benzene rings is 1. The molecular formula is C16H24ClFN2. The smallest absolute Gasteiger partial charge is 0.129 e. The second-order valence-electron chi connectivity index (χ2n) is 5.63. The highest BCUT2D eigenvalue weighted by Crippen LogP contribution is 2.44. The van der Waals surface area contributed by atoms with E-state index >= 15 is 0 Å². The average molecular weight is 299 g/mol. The van der Waals surface area contributed by atoms with Crippen molar-refractivity contribution in [3.05, 3.63) is 34.6 Å². The number of nitrogens with zero attached hydrogens (tertiary/aromatic N) is 1. The molecule has 2 N–H and O–H groups in total. The van der Waals surface area contributed by atoms with Gasteiger partial charge in [-0.25, -0.2) is 4.39 Å². The van der Waals surface area contributed by atoms with E-state index in [1.165, 1.54) is 18.9 Å². The standard InChI is InChI=1S/C16H24ClFN2/c1-3-20(4-2)16(9-5-6-10-16)15(19)13-8-7-12(17)11-14(13)18/h7-8,11,15H,3-6,9-10,19H2,1-2H3. The molecule has 0 saturated heterocycles. The lowest BCUT2D eigenvalue weighted by Gasteiger charge is -2.45. The first kappa shape index (κ1) is 15.7. The second kappa shape index (κ2) is 6.42. The Kier molecular flexibility index (Phi) is 5.05. The number of hydrogen-bond acceptors (Lipinski definition) is 2. The number of nitrogens with two attached hydrogens (primary N) is 1. The summed E-state index contributed by atoms with van der Waals surface area (Å²) in [5, 5.41) is 0.418. The van der Waals surface area contributed by atoms with E-state index < -0.39 is 0 Å². The van der Waals surface area contributed by atoms with E-state index in [4.69, 9.17) is 17.3 Å². The Hall–Kier alpha value is -0.640. The maximum absolute atomic E-state index is 14.2. The van der Waals surface area contributed by atoms with Crippen molar-refractivity contribution in [1.82, 2.24) is 4.90 Å². The molecule has 0 aliphatic heterocycles. The van der Waals surface area contributed by atoms with Gasteiger partial charge in [-0.1, -0.05) is 44.4 Å². The fourth-order valence-electron chi connectivity index (χ4n) is 3.71. The minimum atomic E-state index is -0.304. The van der Waals surface area contributed by atoms with Gasteiger partial charge >= 0.3 is 0 Å². The predicted molar refractivity (Wildman–Crippen MR) is 82.5 cm³/mol. The van der Waals surface area contributed by atoms with E-state index in [0.717, 1.165) is 25.9 Å². The normalized spacial score (nSPS) is 19.5. The highest BCUT2D eigenvalue weighted by Gasteiger charge is 2.44. The molecule has 1 aliphatic rings. The zero-order chi connectivity index (χ0) is 14.8. The minimum absolute atomic E-state index is 0.113. The van der Waals surface area contributed by atoms with Gasteiger partial charge in [0, 0.05) is 16.1 Å². The molecule has 1 saturated carbocycles. The van der Waals surface area contributed by atoms with E-state index in [1.54, 1.807) is 12.1 Å². The first-order valence-corrected chi connectivity index (χ1v) is 7.88. The maximum atomic E-state index is 14.2. The van der Waals surface area contributed by atoms with Gasteiger partial charge in [0.2, 0.25) is 0 Å². The van der Waals surface area contributed by atoms with E-state index in [-0.39, 0.29) is 17.4 Å². The number of rotatable bonds is 5. The molecule has 0 heterocycles. The molecule has 0 radical (unpaired) electrons. The van der Waals surface area contributed by atoms with Gasteiger partial charge in [0.25, 0.3) is 0 Å². The summed E-state index contributed by atoms with van der Waals surface area (Å²) in [4.78, 5) is 2.40. The summed E-state index contributed by atoms with van der Waals surface area (Å²) in [5.41, 5.74) is 6.99. The Morgan fingerprint density at radius 1 is 1.30 bits per heavy atom. The van der Waals surface area contributed by atoms with Crippen molar-refractivity contribution in [2.75, 3.05) is 13.1 Å². The van der Waals surface area contributed by atoms with Gasteiger partial charge in [-0.15, -0.1) is 0 Å². The van der Waals surface area contributed by atoms with Crippen molar-refractivity contribution >= 4 is 11.6 Å². The van der Waals surface area contributed by atoms with Gasteiger partial charge in [0.05, 0.1) is 6.04 Å². The van der Waals surface area contributed by atoms with Crippen molar-refractivity contribution in [2.24, 2.45) is 5.73 Å². The fourth-order valence-corrected chi connectivity index (χ4v) is 3.87. The Balaban J connectivity index is 2.38. The Labute approximate surface area is 126 Å². The quantitative estimate of drug-likeness (QED) is 0.885. The lowest BCUT2D eigenvalue weighted by atomic mass is 9.82. The maximum Gasteiger partial charge on any atom is 0.129 e. The Morgan fingerprint density at radius 3 is 2.40 bits per heavy atom. The molecule has 1 aliphatic carbocycles. The van der Waals surface area contributed by atoms with Crippen LogP contribution in [0.5, 0.6) is 0 Å². The minimum Gasteiger partial charge on any atom is -0.322 e. The number of hydrogen-bond donors (Lipinski definition) is 1. The van der Waals surface area contributed by atoms with Crippen LogP contribution in [0.2, 0.25) is 5.02 Å². The van der Waals surface area contributed by atoms with Crippen molar-refractivity contribution in [3.8, 4) is 0 Å². The molecule has 20 heavy (non-hydrogen) atoms. The molecule has 1 unspecified atom stereocenters. The average Bonchev–Trinajstić information content (AvgIpc) is 2.90. The highest BCUT2D eigenvalue weighted by atomic mass is 35.5. The molecule has 2 rings (SSSR count). The zero-order valence-electron chi connectivity index (χ0n) is 12.3. The van der Waals surface area contributed by atoms with Crippen LogP contribution in [0.1, 0.15) is 51.1 Å². The third-order valence-electron chi connectivity index (χ3n) is 4.74. The molecule has 0 amide bonds. The van der Waals surface area contributed by atoms with Gasteiger partial charge in [0.1, 0.15) is 5.82 Å². The van der Waals surface area contributed by atoms with Gasteiger partial charge < -0.3 is 5.73 Å². The van der Waals surface area contributed by atoms with E-state index in [2.05, 4.69) is 18.7 Å². The summed E-state index contributed by atoms with van der Waals surface area (Å²) in [5.74, 6) is -0.288. The third kappa shape index (κ3) is 2.72. The van der Waals surface area contributed by atoms with Crippen LogP contribution in [0.4, 0.5) is 4.39 Å². The summed E-state index contributed by atoms with van der Waals surface area (Å²) >= 11 is 5.84. The van der Waals surface area contributed by atoms with Gasteiger partial charge in [0.15, 0.2) is 0 Å². The molecule has 4 heteroatoms. The highest BCUT2D eigenvalue weighted by molar-refractivity contribution is 6.30. The lowest BCUT2D eigenvalue weighted by Crippen LogP contribution is -2.53. The summed E-state index contributed by atoms with van der Waals surface area (Å²) < 4.78 is 14.2. The summed E-state index contributed by atoms with van der Waals surface area (Å²) in [6.07, 6.45) is 4.41. The van der Waals surface area contributed by atoms with Crippen LogP contribution >= 0.6 is 11.6 Å². The van der Waals surface area contributed by atoms with Gasteiger partial charge in [-0.2, -0.15) is 0 Å². The van der Waals surface area contributed by atoms with E-state index in [0.29, 0.717) is 10.6 Å². The molecular weight excluding hydrogens is 275 g/mol. The van der Waals surface area contributed by atoms with Crippen molar-refractivity contribution in [3.63, 3.8) is 0 Å². The third-order valence-corrected chi connectivity index (χ3v) is 4.97. The number of halogens is 2. The SMILES string of the molecule is CCN(CC)C1(C(N)c2ccc(Cl)cc2F)CCCC1. The molecule has 1 aromatic carbocycles. The first-order valence-electron chi connectivity index (χ1n) is 7.50. The fraction of sp³-hybridized carbons (Fsp3) is 0.625.